The first kappa shape index (κ1) is 15.2. The fraction of sp³-hybridized carbons (Fsp3) is 0.400. The molecule has 0 amide bonds. The molecule has 0 saturated carbocycles. The van der Waals surface area contributed by atoms with Crippen molar-refractivity contribution in [3.05, 3.63) is 48.4 Å². The fourth-order valence-corrected chi connectivity index (χ4v) is 4.51. The number of aromatic nitrogens is 2. The SMILES string of the molecule is Cn1cnc(S(=O)(=O)N2C[C@H](c3ccccc3)[C@@](C)(N)C2)c1. The van der Waals surface area contributed by atoms with E-state index in [2.05, 4.69) is 4.98 Å². The third-order valence-corrected chi connectivity index (χ3v) is 5.88. The van der Waals surface area contributed by atoms with E-state index in [1.165, 1.54) is 16.8 Å². The number of hydrogen-bond acceptors (Lipinski definition) is 4. The molecule has 0 unspecified atom stereocenters. The van der Waals surface area contributed by atoms with E-state index in [4.69, 9.17) is 5.73 Å². The van der Waals surface area contributed by atoms with Gasteiger partial charge in [0.2, 0.25) is 0 Å². The first-order valence-corrected chi connectivity index (χ1v) is 8.57. The summed E-state index contributed by atoms with van der Waals surface area (Å²) in [6.07, 6.45) is 3.00. The minimum absolute atomic E-state index is 0.0350. The third-order valence-electron chi connectivity index (χ3n) is 4.19. The van der Waals surface area contributed by atoms with Gasteiger partial charge in [0.1, 0.15) is 0 Å². The average molecular weight is 320 g/mol. The Kier molecular flexibility index (Phi) is 3.58. The molecule has 0 radical (unpaired) electrons. The quantitative estimate of drug-likeness (QED) is 0.912. The summed E-state index contributed by atoms with van der Waals surface area (Å²) in [5.74, 6) is -0.0350. The highest BCUT2D eigenvalue weighted by atomic mass is 32.2. The monoisotopic (exact) mass is 320 g/mol. The van der Waals surface area contributed by atoms with Crippen molar-refractivity contribution >= 4 is 10.0 Å². The Labute approximate surface area is 130 Å². The van der Waals surface area contributed by atoms with Gasteiger partial charge in [-0.3, -0.25) is 0 Å². The van der Waals surface area contributed by atoms with Crippen LogP contribution in [0.1, 0.15) is 18.4 Å². The number of sulfonamides is 1. The van der Waals surface area contributed by atoms with Crippen LogP contribution in [0.2, 0.25) is 0 Å². The van der Waals surface area contributed by atoms with Crippen LogP contribution in [-0.2, 0) is 17.1 Å². The summed E-state index contributed by atoms with van der Waals surface area (Å²) in [7, 11) is -1.86. The molecule has 1 aliphatic heterocycles. The molecule has 2 heterocycles. The molecule has 7 heteroatoms. The summed E-state index contributed by atoms with van der Waals surface area (Å²) in [6, 6.07) is 9.82. The fourth-order valence-electron chi connectivity index (χ4n) is 2.98. The average Bonchev–Trinajstić information content (AvgIpc) is 3.04. The Morgan fingerprint density at radius 3 is 2.59 bits per heavy atom. The van der Waals surface area contributed by atoms with Gasteiger partial charge in [-0.2, -0.15) is 4.31 Å². The minimum Gasteiger partial charge on any atom is -0.339 e. The van der Waals surface area contributed by atoms with Gasteiger partial charge in [-0.15, -0.1) is 0 Å². The van der Waals surface area contributed by atoms with E-state index in [0.717, 1.165) is 5.56 Å². The van der Waals surface area contributed by atoms with E-state index >= 15 is 0 Å². The molecule has 1 aromatic carbocycles. The van der Waals surface area contributed by atoms with Crippen molar-refractivity contribution in [2.45, 2.75) is 23.4 Å². The molecular formula is C15H20N4O2S. The minimum atomic E-state index is -3.61. The lowest BCUT2D eigenvalue weighted by atomic mass is 9.84. The highest BCUT2D eigenvalue weighted by Gasteiger charge is 2.46. The van der Waals surface area contributed by atoms with Gasteiger partial charge in [0, 0.05) is 37.8 Å². The lowest BCUT2D eigenvalue weighted by molar-refractivity contribution is 0.429. The van der Waals surface area contributed by atoms with E-state index in [0.29, 0.717) is 6.54 Å². The van der Waals surface area contributed by atoms with Crippen LogP contribution in [0.3, 0.4) is 0 Å². The predicted octanol–water partition coefficient (Wildman–Crippen LogP) is 0.926. The summed E-state index contributed by atoms with van der Waals surface area (Å²) in [4.78, 5) is 3.97. The lowest BCUT2D eigenvalue weighted by Gasteiger charge is -2.25. The summed E-state index contributed by atoms with van der Waals surface area (Å²) >= 11 is 0. The van der Waals surface area contributed by atoms with Crippen molar-refractivity contribution in [1.29, 1.82) is 0 Å². The standard InChI is InChI=1S/C15H20N4O2S/c1-15(16)10-19(8-13(15)12-6-4-3-5-7-12)22(20,21)14-9-18(2)11-17-14/h3-7,9,11,13H,8,10,16H2,1-2H3/t13-,15+/m1/s1. The molecule has 118 valence electrons. The normalized spacial score (nSPS) is 26.4. The van der Waals surface area contributed by atoms with Crippen LogP contribution in [-0.4, -0.2) is 40.9 Å². The van der Waals surface area contributed by atoms with Crippen molar-refractivity contribution < 1.29 is 8.42 Å². The van der Waals surface area contributed by atoms with Crippen molar-refractivity contribution in [1.82, 2.24) is 13.9 Å². The Hall–Kier alpha value is -1.70. The van der Waals surface area contributed by atoms with Crippen molar-refractivity contribution in [2.24, 2.45) is 12.8 Å². The van der Waals surface area contributed by atoms with Crippen molar-refractivity contribution in [2.75, 3.05) is 13.1 Å². The molecule has 22 heavy (non-hydrogen) atoms. The van der Waals surface area contributed by atoms with Gasteiger partial charge in [0.25, 0.3) is 10.0 Å². The van der Waals surface area contributed by atoms with Crippen LogP contribution in [0.15, 0.2) is 47.9 Å². The second kappa shape index (κ2) is 5.19. The predicted molar refractivity (Wildman–Crippen MR) is 83.7 cm³/mol. The van der Waals surface area contributed by atoms with Crippen molar-refractivity contribution in [3.8, 4) is 0 Å². The topological polar surface area (TPSA) is 81.2 Å². The number of aryl methyl sites for hydroxylation is 1. The second-order valence-electron chi connectivity index (χ2n) is 6.14. The van der Waals surface area contributed by atoms with Gasteiger partial charge >= 0.3 is 0 Å². The maximum atomic E-state index is 12.7. The molecule has 1 aromatic heterocycles. The van der Waals surface area contributed by atoms with E-state index < -0.39 is 15.6 Å². The van der Waals surface area contributed by atoms with Gasteiger partial charge in [0.15, 0.2) is 5.03 Å². The zero-order valence-electron chi connectivity index (χ0n) is 12.7. The molecule has 0 bridgehead atoms. The zero-order valence-corrected chi connectivity index (χ0v) is 13.5. The molecular weight excluding hydrogens is 300 g/mol. The van der Waals surface area contributed by atoms with E-state index in [-0.39, 0.29) is 17.5 Å². The molecule has 2 atom stereocenters. The van der Waals surface area contributed by atoms with Gasteiger partial charge in [-0.1, -0.05) is 30.3 Å². The number of rotatable bonds is 3. The van der Waals surface area contributed by atoms with Crippen LogP contribution in [0.4, 0.5) is 0 Å². The molecule has 1 aliphatic rings. The van der Waals surface area contributed by atoms with Crippen LogP contribution < -0.4 is 5.73 Å². The zero-order chi connectivity index (χ0) is 16.0. The van der Waals surface area contributed by atoms with Gasteiger partial charge in [-0.25, -0.2) is 13.4 Å². The summed E-state index contributed by atoms with van der Waals surface area (Å²) < 4.78 is 28.5. The first-order valence-electron chi connectivity index (χ1n) is 7.13. The molecule has 2 aromatic rings. The molecule has 1 saturated heterocycles. The second-order valence-corrected chi connectivity index (χ2v) is 8.03. The largest absolute Gasteiger partial charge is 0.339 e. The summed E-state index contributed by atoms with van der Waals surface area (Å²) in [5, 5.41) is 0.0690. The maximum Gasteiger partial charge on any atom is 0.262 e. The van der Waals surface area contributed by atoms with E-state index in [9.17, 15) is 8.42 Å². The third kappa shape index (κ3) is 2.55. The van der Waals surface area contributed by atoms with E-state index in [1.54, 1.807) is 11.6 Å². The lowest BCUT2D eigenvalue weighted by Crippen LogP contribution is -2.44. The van der Waals surface area contributed by atoms with Crippen LogP contribution in [0.25, 0.3) is 0 Å². The van der Waals surface area contributed by atoms with E-state index in [1.807, 2.05) is 37.3 Å². The number of nitrogens with zero attached hydrogens (tertiary/aromatic N) is 3. The van der Waals surface area contributed by atoms with Crippen LogP contribution in [0, 0.1) is 0 Å². The Balaban J connectivity index is 1.92. The maximum absolute atomic E-state index is 12.7. The Bertz CT molecular complexity index is 768. The number of benzene rings is 1. The van der Waals surface area contributed by atoms with Crippen LogP contribution in [0.5, 0.6) is 0 Å². The number of imidazole rings is 1. The highest BCUT2D eigenvalue weighted by Crippen LogP contribution is 2.36. The molecule has 3 rings (SSSR count). The molecule has 0 aliphatic carbocycles. The van der Waals surface area contributed by atoms with Crippen molar-refractivity contribution in [3.63, 3.8) is 0 Å². The van der Waals surface area contributed by atoms with Gasteiger partial charge < -0.3 is 10.3 Å². The summed E-state index contributed by atoms with van der Waals surface area (Å²) in [5.41, 5.74) is 6.85. The number of hydrogen-bond donors (Lipinski definition) is 1. The molecule has 1 fully saturated rings. The smallest absolute Gasteiger partial charge is 0.262 e. The first-order chi connectivity index (χ1) is 10.3. The van der Waals surface area contributed by atoms with Crippen LogP contribution >= 0.6 is 0 Å². The van der Waals surface area contributed by atoms with Gasteiger partial charge in [-0.05, 0) is 12.5 Å². The Morgan fingerprint density at radius 1 is 1.32 bits per heavy atom. The van der Waals surface area contributed by atoms with Gasteiger partial charge in [0.05, 0.1) is 6.33 Å². The number of nitrogens with two attached hydrogens (primary N) is 1. The Morgan fingerprint density at radius 2 is 2.00 bits per heavy atom. The molecule has 6 nitrogen and oxygen atoms in total. The summed E-state index contributed by atoms with van der Waals surface area (Å²) in [6.45, 7) is 2.56. The molecule has 2 N–H and O–H groups in total. The highest BCUT2D eigenvalue weighted by molar-refractivity contribution is 7.89. The molecule has 0 spiro atoms.